The van der Waals surface area contributed by atoms with Crippen molar-refractivity contribution in [3.05, 3.63) is 42.6 Å². The molecule has 0 spiro atoms. The largest absolute Gasteiger partial charge is 0.378 e. The number of nitrogens with zero attached hydrogens (tertiary/aromatic N) is 3. The summed E-state index contributed by atoms with van der Waals surface area (Å²) in [4.78, 5) is 18.4. The van der Waals surface area contributed by atoms with Gasteiger partial charge in [0.25, 0.3) is 0 Å². The third-order valence-corrected chi connectivity index (χ3v) is 7.05. The van der Waals surface area contributed by atoms with Gasteiger partial charge in [0.2, 0.25) is 15.9 Å². The van der Waals surface area contributed by atoms with Crippen molar-refractivity contribution in [1.82, 2.24) is 9.29 Å². The molecule has 0 aliphatic heterocycles. The standard InChI is InChI=1S/C19H26N4O3S2/c1-5-23(6-2)28(25,26)17-11-12-19(20-13-17)27-14-18(24)21-15-7-9-16(10-8-15)22(3)4/h7-13H,5-6,14H2,1-4H3,(H,21,24). The van der Waals surface area contributed by atoms with Gasteiger partial charge < -0.3 is 10.2 Å². The maximum absolute atomic E-state index is 12.5. The molecule has 7 nitrogen and oxygen atoms in total. The first-order chi connectivity index (χ1) is 13.3. The summed E-state index contributed by atoms with van der Waals surface area (Å²) in [5.74, 6) is 0.0362. The summed E-state index contributed by atoms with van der Waals surface area (Å²) < 4.78 is 26.3. The molecule has 0 aliphatic carbocycles. The summed E-state index contributed by atoms with van der Waals surface area (Å²) in [6, 6.07) is 10.7. The minimum absolute atomic E-state index is 0.149. The molecule has 0 fully saturated rings. The van der Waals surface area contributed by atoms with E-state index >= 15 is 0 Å². The van der Waals surface area contributed by atoms with Gasteiger partial charge in [-0.2, -0.15) is 4.31 Å². The second kappa shape index (κ2) is 9.90. The van der Waals surface area contributed by atoms with Crippen LogP contribution in [-0.4, -0.2) is 56.6 Å². The van der Waals surface area contributed by atoms with Gasteiger partial charge in [0.15, 0.2) is 0 Å². The molecule has 28 heavy (non-hydrogen) atoms. The first-order valence-electron chi connectivity index (χ1n) is 8.94. The number of hydrogen-bond donors (Lipinski definition) is 1. The van der Waals surface area contributed by atoms with Gasteiger partial charge in [0.1, 0.15) is 4.90 Å². The Labute approximate surface area is 171 Å². The predicted octanol–water partition coefficient (Wildman–Crippen LogP) is 2.91. The molecule has 1 heterocycles. The van der Waals surface area contributed by atoms with Crippen LogP contribution in [0.15, 0.2) is 52.5 Å². The van der Waals surface area contributed by atoms with E-state index in [0.717, 1.165) is 11.4 Å². The molecule has 0 saturated heterocycles. The fourth-order valence-electron chi connectivity index (χ4n) is 2.50. The van der Waals surface area contributed by atoms with Crippen molar-refractivity contribution < 1.29 is 13.2 Å². The SMILES string of the molecule is CCN(CC)S(=O)(=O)c1ccc(SCC(=O)Nc2ccc(N(C)C)cc2)nc1. The molecule has 0 radical (unpaired) electrons. The number of aromatic nitrogens is 1. The van der Waals surface area contributed by atoms with Crippen LogP contribution in [-0.2, 0) is 14.8 Å². The molecule has 1 N–H and O–H groups in total. The van der Waals surface area contributed by atoms with E-state index in [2.05, 4.69) is 10.3 Å². The first kappa shape index (κ1) is 22.2. The highest BCUT2D eigenvalue weighted by molar-refractivity contribution is 7.99. The second-order valence-electron chi connectivity index (χ2n) is 6.20. The molecule has 1 aromatic heterocycles. The van der Waals surface area contributed by atoms with Crippen LogP contribution in [0, 0.1) is 0 Å². The monoisotopic (exact) mass is 422 g/mol. The first-order valence-corrected chi connectivity index (χ1v) is 11.4. The van der Waals surface area contributed by atoms with Gasteiger partial charge in [-0.05, 0) is 36.4 Å². The number of anilines is 2. The molecule has 0 aliphatic rings. The number of rotatable bonds is 9. The van der Waals surface area contributed by atoms with Crippen LogP contribution < -0.4 is 10.2 Å². The summed E-state index contributed by atoms with van der Waals surface area (Å²) in [6.07, 6.45) is 1.34. The number of hydrogen-bond acceptors (Lipinski definition) is 6. The third-order valence-electron chi connectivity index (χ3n) is 4.07. The number of sulfonamides is 1. The van der Waals surface area contributed by atoms with Crippen molar-refractivity contribution in [1.29, 1.82) is 0 Å². The van der Waals surface area contributed by atoms with Crippen LogP contribution in [0.4, 0.5) is 11.4 Å². The molecule has 152 valence electrons. The van der Waals surface area contributed by atoms with Gasteiger partial charge in [-0.1, -0.05) is 25.6 Å². The minimum Gasteiger partial charge on any atom is -0.378 e. The van der Waals surface area contributed by atoms with Crippen molar-refractivity contribution in [3.63, 3.8) is 0 Å². The highest BCUT2D eigenvalue weighted by atomic mass is 32.2. The smallest absolute Gasteiger partial charge is 0.244 e. The van der Waals surface area contributed by atoms with Gasteiger partial charge in [-0.15, -0.1) is 0 Å². The van der Waals surface area contributed by atoms with Gasteiger partial charge in [-0.3, -0.25) is 4.79 Å². The topological polar surface area (TPSA) is 82.6 Å². The lowest BCUT2D eigenvalue weighted by molar-refractivity contribution is -0.113. The van der Waals surface area contributed by atoms with E-state index in [0.29, 0.717) is 18.1 Å². The van der Waals surface area contributed by atoms with E-state index in [1.807, 2.05) is 43.3 Å². The van der Waals surface area contributed by atoms with Crippen LogP contribution in [0.1, 0.15) is 13.8 Å². The van der Waals surface area contributed by atoms with Crippen molar-refractivity contribution in [3.8, 4) is 0 Å². The Morgan fingerprint density at radius 2 is 1.71 bits per heavy atom. The minimum atomic E-state index is -3.52. The molecule has 2 aromatic rings. The highest BCUT2D eigenvalue weighted by Gasteiger charge is 2.21. The Balaban J connectivity index is 1.93. The Bertz CT molecular complexity index is 878. The van der Waals surface area contributed by atoms with Crippen LogP contribution in [0.5, 0.6) is 0 Å². The molecular weight excluding hydrogens is 396 g/mol. The lowest BCUT2D eigenvalue weighted by Gasteiger charge is -2.18. The van der Waals surface area contributed by atoms with Crippen LogP contribution in [0.3, 0.4) is 0 Å². The predicted molar refractivity (Wildman–Crippen MR) is 114 cm³/mol. The number of thioether (sulfide) groups is 1. The molecular formula is C19H26N4O3S2. The van der Waals surface area contributed by atoms with Crippen LogP contribution in [0.2, 0.25) is 0 Å². The zero-order chi connectivity index (χ0) is 20.7. The number of carbonyl (C=O) groups excluding carboxylic acids is 1. The van der Waals surface area contributed by atoms with Crippen LogP contribution >= 0.6 is 11.8 Å². The number of nitrogens with one attached hydrogen (secondary N) is 1. The van der Waals surface area contributed by atoms with E-state index in [-0.39, 0.29) is 16.6 Å². The molecule has 2 rings (SSSR count). The van der Waals surface area contributed by atoms with Crippen molar-refractivity contribution in [2.75, 3.05) is 43.2 Å². The van der Waals surface area contributed by atoms with Gasteiger partial charge >= 0.3 is 0 Å². The Hall–Kier alpha value is -2.10. The van der Waals surface area contributed by atoms with E-state index in [1.54, 1.807) is 19.9 Å². The van der Waals surface area contributed by atoms with Gasteiger partial charge in [0.05, 0.1) is 10.8 Å². The quantitative estimate of drug-likeness (QED) is 0.626. The van der Waals surface area contributed by atoms with E-state index in [9.17, 15) is 13.2 Å². The lowest BCUT2D eigenvalue weighted by Crippen LogP contribution is -2.30. The van der Waals surface area contributed by atoms with Gasteiger partial charge in [0, 0.05) is 44.8 Å². The van der Waals surface area contributed by atoms with Gasteiger partial charge in [-0.25, -0.2) is 13.4 Å². The lowest BCUT2D eigenvalue weighted by atomic mass is 10.2. The van der Waals surface area contributed by atoms with Crippen molar-refractivity contribution in [2.24, 2.45) is 0 Å². The molecule has 9 heteroatoms. The number of pyridine rings is 1. The normalized spacial score (nSPS) is 11.5. The summed E-state index contributed by atoms with van der Waals surface area (Å²) >= 11 is 1.26. The molecule has 0 atom stereocenters. The number of amides is 1. The molecule has 0 saturated carbocycles. The maximum atomic E-state index is 12.5. The average Bonchev–Trinajstić information content (AvgIpc) is 2.68. The summed E-state index contributed by atoms with van der Waals surface area (Å²) in [6.45, 7) is 4.41. The zero-order valence-corrected chi connectivity index (χ0v) is 18.2. The Morgan fingerprint density at radius 1 is 1.07 bits per heavy atom. The molecule has 1 amide bonds. The number of carbonyl (C=O) groups is 1. The van der Waals surface area contributed by atoms with Crippen LogP contribution in [0.25, 0.3) is 0 Å². The van der Waals surface area contributed by atoms with E-state index in [1.165, 1.54) is 28.3 Å². The maximum Gasteiger partial charge on any atom is 0.244 e. The summed E-state index contributed by atoms with van der Waals surface area (Å²) in [5.41, 5.74) is 1.78. The van der Waals surface area contributed by atoms with E-state index < -0.39 is 10.0 Å². The van der Waals surface area contributed by atoms with Crippen molar-refractivity contribution >= 4 is 39.1 Å². The van der Waals surface area contributed by atoms with Crippen molar-refractivity contribution in [2.45, 2.75) is 23.8 Å². The fourth-order valence-corrected chi connectivity index (χ4v) is 4.54. The molecule has 0 bridgehead atoms. The Kier molecular flexibility index (Phi) is 7.85. The molecule has 1 aromatic carbocycles. The second-order valence-corrected chi connectivity index (χ2v) is 9.13. The average molecular weight is 423 g/mol. The zero-order valence-electron chi connectivity index (χ0n) is 16.5. The number of benzene rings is 1. The third kappa shape index (κ3) is 5.70. The fraction of sp³-hybridized carbons (Fsp3) is 0.368. The Morgan fingerprint density at radius 3 is 2.21 bits per heavy atom. The van der Waals surface area contributed by atoms with E-state index in [4.69, 9.17) is 0 Å². The summed E-state index contributed by atoms with van der Waals surface area (Å²) in [5, 5.41) is 3.43. The highest BCUT2D eigenvalue weighted by Crippen LogP contribution is 2.20. The summed E-state index contributed by atoms with van der Waals surface area (Å²) in [7, 11) is 0.387. The molecule has 0 unspecified atom stereocenters.